The summed E-state index contributed by atoms with van der Waals surface area (Å²) in [5.41, 5.74) is 5.14. The Balaban J connectivity index is 1.53. The van der Waals surface area contributed by atoms with Crippen LogP contribution in [0, 0.1) is 6.92 Å². The van der Waals surface area contributed by atoms with Gasteiger partial charge in [-0.1, -0.05) is 100 Å². The van der Waals surface area contributed by atoms with Gasteiger partial charge in [0.15, 0.2) is 0 Å². The van der Waals surface area contributed by atoms with Crippen LogP contribution in [0.15, 0.2) is 82.2 Å². The molecule has 0 aromatic heterocycles. The van der Waals surface area contributed by atoms with Crippen LogP contribution < -0.4 is 4.90 Å². The Bertz CT molecular complexity index is 1320. The molecule has 33 heavy (non-hydrogen) atoms. The van der Waals surface area contributed by atoms with Crippen molar-refractivity contribution in [2.75, 3.05) is 4.90 Å². The first kappa shape index (κ1) is 22.1. The first-order valence-corrected chi connectivity index (χ1v) is 12.4. The summed E-state index contributed by atoms with van der Waals surface area (Å²) in [6.07, 6.45) is 0. The minimum Gasteiger partial charge on any atom is -0.303 e. The first-order valence-electron chi connectivity index (χ1n) is 10.4. The summed E-state index contributed by atoms with van der Waals surface area (Å²) in [5.74, 6) is -0.399. The number of rotatable bonds is 4. The molecular weight excluding hydrogens is 516 g/mol. The lowest BCUT2D eigenvalue weighted by atomic mass is 10.1. The second-order valence-electron chi connectivity index (χ2n) is 7.99. The highest BCUT2D eigenvalue weighted by atomic mass is 79.9. The van der Waals surface area contributed by atoms with E-state index >= 15 is 0 Å². The van der Waals surface area contributed by atoms with Crippen molar-refractivity contribution in [2.45, 2.75) is 20.0 Å². The number of thioether (sulfide) groups is 1. The standard InChI is InChI=1S/C26H19BrN2O2S2/c1-16-7-9-18(10-8-16)15-29-25(31)23(33-26(29)32)22-20-13-19(27)11-12-21(20)28(24(22)30)14-17-5-3-2-4-6-17/h2-13H,14-15H2,1H3/b23-22-. The third kappa shape index (κ3) is 4.16. The molecule has 0 saturated carbocycles. The van der Waals surface area contributed by atoms with Gasteiger partial charge in [-0.25, -0.2) is 0 Å². The zero-order valence-electron chi connectivity index (χ0n) is 17.7. The highest BCUT2D eigenvalue weighted by Gasteiger charge is 2.42. The lowest BCUT2D eigenvalue weighted by molar-refractivity contribution is -0.122. The van der Waals surface area contributed by atoms with Gasteiger partial charge in [0.05, 0.1) is 29.3 Å². The molecule has 2 aliphatic heterocycles. The molecule has 2 aliphatic rings. The average Bonchev–Trinajstić information content (AvgIpc) is 3.23. The van der Waals surface area contributed by atoms with E-state index in [-0.39, 0.29) is 11.8 Å². The third-order valence-corrected chi connectivity index (χ3v) is 7.64. The summed E-state index contributed by atoms with van der Waals surface area (Å²) in [6.45, 7) is 2.84. The Morgan fingerprint density at radius 1 is 0.848 bits per heavy atom. The van der Waals surface area contributed by atoms with Crippen molar-refractivity contribution in [3.05, 3.63) is 104 Å². The van der Waals surface area contributed by atoms with Crippen LogP contribution in [0.5, 0.6) is 0 Å². The molecule has 0 aliphatic carbocycles. The van der Waals surface area contributed by atoms with E-state index in [2.05, 4.69) is 15.9 Å². The van der Waals surface area contributed by atoms with Gasteiger partial charge >= 0.3 is 0 Å². The summed E-state index contributed by atoms with van der Waals surface area (Å²) < 4.78 is 1.32. The van der Waals surface area contributed by atoms with Crippen LogP contribution in [0.25, 0.3) is 5.57 Å². The lowest BCUT2D eigenvalue weighted by Crippen LogP contribution is -2.29. The smallest absolute Gasteiger partial charge is 0.267 e. The molecule has 0 spiro atoms. The predicted molar refractivity (Wildman–Crippen MR) is 141 cm³/mol. The predicted octanol–water partition coefficient (Wildman–Crippen LogP) is 6.08. The summed E-state index contributed by atoms with van der Waals surface area (Å²) in [4.78, 5) is 30.8. The molecule has 0 radical (unpaired) electrons. The maximum atomic E-state index is 13.6. The van der Waals surface area contributed by atoms with Crippen molar-refractivity contribution in [1.82, 2.24) is 4.90 Å². The molecular formula is C26H19BrN2O2S2. The number of hydrogen-bond acceptors (Lipinski definition) is 4. The number of carbonyl (C=O) groups is 2. The van der Waals surface area contributed by atoms with Crippen molar-refractivity contribution >= 4 is 67.3 Å². The van der Waals surface area contributed by atoms with E-state index in [1.807, 2.05) is 79.7 Å². The number of fused-ring (bicyclic) bond motifs is 1. The van der Waals surface area contributed by atoms with Gasteiger partial charge in [0.2, 0.25) is 0 Å². The summed E-state index contributed by atoms with van der Waals surface area (Å²) in [5, 5.41) is 0. The molecule has 164 valence electrons. The van der Waals surface area contributed by atoms with Crippen LogP contribution in [0.4, 0.5) is 5.69 Å². The fraction of sp³-hybridized carbons (Fsp3) is 0.115. The van der Waals surface area contributed by atoms with Crippen molar-refractivity contribution in [2.24, 2.45) is 0 Å². The van der Waals surface area contributed by atoms with Gasteiger partial charge in [-0.15, -0.1) is 0 Å². The Labute approximate surface area is 210 Å². The Kier molecular flexibility index (Phi) is 5.95. The molecule has 4 nitrogen and oxygen atoms in total. The number of hydrogen-bond donors (Lipinski definition) is 0. The van der Waals surface area contributed by atoms with Gasteiger partial charge in [0.1, 0.15) is 4.32 Å². The number of halogens is 1. The van der Waals surface area contributed by atoms with E-state index < -0.39 is 0 Å². The molecule has 0 N–H and O–H groups in total. The normalized spacial score (nSPS) is 17.8. The first-order chi connectivity index (χ1) is 15.9. The van der Waals surface area contributed by atoms with E-state index in [0.717, 1.165) is 32.4 Å². The number of amides is 2. The monoisotopic (exact) mass is 534 g/mol. The SMILES string of the molecule is Cc1ccc(CN2C(=O)/C(=C3/C(=O)N(Cc4ccccc4)c4ccc(Br)cc43)SC2=S)cc1. The van der Waals surface area contributed by atoms with E-state index in [1.165, 1.54) is 11.8 Å². The van der Waals surface area contributed by atoms with Crippen molar-refractivity contribution < 1.29 is 9.59 Å². The van der Waals surface area contributed by atoms with Crippen LogP contribution in [-0.2, 0) is 22.7 Å². The van der Waals surface area contributed by atoms with E-state index in [9.17, 15) is 9.59 Å². The van der Waals surface area contributed by atoms with Crippen LogP contribution in [0.1, 0.15) is 22.3 Å². The highest BCUT2D eigenvalue weighted by Crippen LogP contribution is 2.46. The number of carbonyl (C=O) groups excluding carboxylic acids is 2. The fourth-order valence-electron chi connectivity index (χ4n) is 4.01. The topological polar surface area (TPSA) is 40.6 Å². The van der Waals surface area contributed by atoms with Gasteiger partial charge in [-0.3, -0.25) is 14.5 Å². The van der Waals surface area contributed by atoms with Gasteiger partial charge < -0.3 is 4.90 Å². The minimum atomic E-state index is -0.221. The second-order valence-corrected chi connectivity index (χ2v) is 10.5. The average molecular weight is 535 g/mol. The third-order valence-electron chi connectivity index (χ3n) is 5.70. The van der Waals surface area contributed by atoms with E-state index in [0.29, 0.717) is 27.9 Å². The van der Waals surface area contributed by atoms with Gasteiger partial charge in [-0.2, -0.15) is 0 Å². The summed E-state index contributed by atoms with van der Waals surface area (Å²) >= 11 is 10.3. The molecule has 0 unspecified atom stereocenters. The van der Waals surface area contributed by atoms with Gasteiger partial charge in [-0.05, 0) is 36.2 Å². The number of anilines is 1. The maximum Gasteiger partial charge on any atom is 0.267 e. The highest BCUT2D eigenvalue weighted by molar-refractivity contribution is 9.10. The molecule has 3 aromatic rings. The molecule has 2 amide bonds. The molecule has 1 fully saturated rings. The largest absolute Gasteiger partial charge is 0.303 e. The minimum absolute atomic E-state index is 0.178. The van der Waals surface area contributed by atoms with E-state index in [1.54, 1.807) is 9.80 Å². The zero-order chi connectivity index (χ0) is 23.1. The zero-order valence-corrected chi connectivity index (χ0v) is 21.0. The Morgan fingerprint density at radius 3 is 2.24 bits per heavy atom. The van der Waals surface area contributed by atoms with Gasteiger partial charge in [0.25, 0.3) is 11.8 Å². The summed E-state index contributed by atoms with van der Waals surface area (Å²) in [6, 6.07) is 23.6. The van der Waals surface area contributed by atoms with Gasteiger partial charge in [0, 0.05) is 10.0 Å². The molecule has 0 atom stereocenters. The Hall–Kier alpha value is -2.74. The maximum absolute atomic E-state index is 13.6. The van der Waals surface area contributed by atoms with Crippen LogP contribution in [0.2, 0.25) is 0 Å². The van der Waals surface area contributed by atoms with E-state index in [4.69, 9.17) is 12.2 Å². The van der Waals surface area contributed by atoms with Crippen LogP contribution in [0.3, 0.4) is 0 Å². The van der Waals surface area contributed by atoms with Crippen LogP contribution >= 0.6 is 39.9 Å². The molecule has 0 bridgehead atoms. The molecule has 3 aromatic carbocycles. The second kappa shape index (κ2) is 8.89. The van der Waals surface area contributed by atoms with Crippen LogP contribution in [-0.4, -0.2) is 21.0 Å². The lowest BCUT2D eigenvalue weighted by Gasteiger charge is -2.17. The fourth-order valence-corrected chi connectivity index (χ4v) is 5.70. The molecule has 1 saturated heterocycles. The number of aryl methyl sites for hydroxylation is 1. The Morgan fingerprint density at radius 2 is 1.52 bits per heavy atom. The number of nitrogens with zero attached hydrogens (tertiary/aromatic N) is 2. The molecule has 7 heteroatoms. The summed E-state index contributed by atoms with van der Waals surface area (Å²) in [7, 11) is 0. The number of thiocarbonyl (C=S) groups is 1. The van der Waals surface area contributed by atoms with Crippen molar-refractivity contribution in [1.29, 1.82) is 0 Å². The number of benzene rings is 3. The van der Waals surface area contributed by atoms with Crippen molar-refractivity contribution in [3.63, 3.8) is 0 Å². The quantitative estimate of drug-likeness (QED) is 0.300. The van der Waals surface area contributed by atoms with Crippen molar-refractivity contribution in [3.8, 4) is 0 Å². The molecule has 5 rings (SSSR count). The molecule has 2 heterocycles.